The molecule has 0 spiro atoms. The van der Waals surface area contributed by atoms with Gasteiger partial charge in [-0.05, 0) is 43.0 Å². The summed E-state index contributed by atoms with van der Waals surface area (Å²) in [6.07, 6.45) is 3.99. The second-order valence-corrected chi connectivity index (χ2v) is 5.21. The Labute approximate surface area is 120 Å². The zero-order valence-corrected chi connectivity index (χ0v) is 12.0. The van der Waals surface area contributed by atoms with E-state index in [0.29, 0.717) is 5.92 Å². The number of nitrogens with zero attached hydrogens (tertiary/aromatic N) is 1. The number of hydrogen-bond acceptors (Lipinski definition) is 2. The minimum absolute atomic E-state index is 0.112. The third kappa shape index (κ3) is 4.14. The first-order valence-corrected chi connectivity index (χ1v) is 7.05. The molecular formula is C17H21FN2. The van der Waals surface area contributed by atoms with E-state index in [1.807, 2.05) is 13.0 Å². The molecule has 106 valence electrons. The smallest absolute Gasteiger partial charge is 0.141 e. The second kappa shape index (κ2) is 7.15. The number of aromatic nitrogens is 1. The van der Waals surface area contributed by atoms with Gasteiger partial charge in [0.1, 0.15) is 5.82 Å². The molecule has 0 fully saturated rings. The van der Waals surface area contributed by atoms with Crippen LogP contribution < -0.4 is 5.32 Å². The molecule has 0 aliphatic carbocycles. The highest BCUT2D eigenvalue weighted by Gasteiger charge is 2.08. The monoisotopic (exact) mass is 272 g/mol. The lowest BCUT2D eigenvalue weighted by Gasteiger charge is -2.16. The summed E-state index contributed by atoms with van der Waals surface area (Å²) in [6.45, 7) is 5.16. The van der Waals surface area contributed by atoms with Crippen molar-refractivity contribution in [2.75, 3.05) is 6.54 Å². The van der Waals surface area contributed by atoms with Crippen LogP contribution in [0.25, 0.3) is 0 Å². The maximum absolute atomic E-state index is 13.1. The summed E-state index contributed by atoms with van der Waals surface area (Å²) < 4.78 is 13.1. The van der Waals surface area contributed by atoms with Gasteiger partial charge in [-0.1, -0.05) is 37.3 Å². The molecule has 0 saturated heterocycles. The van der Waals surface area contributed by atoms with Crippen molar-refractivity contribution < 1.29 is 4.39 Å². The summed E-state index contributed by atoms with van der Waals surface area (Å²) in [6, 6.07) is 12.1. The van der Waals surface area contributed by atoms with Crippen molar-refractivity contribution in [2.24, 2.45) is 0 Å². The van der Waals surface area contributed by atoms with Gasteiger partial charge in [0, 0.05) is 12.2 Å². The SMILES string of the molecule is CC(CCNC(C)c1cncc(F)c1)c1ccccc1. The fraction of sp³-hybridized carbons (Fsp3) is 0.353. The van der Waals surface area contributed by atoms with Crippen molar-refractivity contribution in [1.82, 2.24) is 10.3 Å². The first kappa shape index (κ1) is 14.7. The van der Waals surface area contributed by atoms with Gasteiger partial charge in [-0.2, -0.15) is 0 Å². The fourth-order valence-electron chi connectivity index (χ4n) is 2.25. The maximum Gasteiger partial charge on any atom is 0.141 e. The molecule has 1 aromatic heterocycles. The van der Waals surface area contributed by atoms with Gasteiger partial charge in [-0.3, -0.25) is 4.98 Å². The Morgan fingerprint density at radius 1 is 1.10 bits per heavy atom. The van der Waals surface area contributed by atoms with Crippen LogP contribution in [0.4, 0.5) is 4.39 Å². The standard InChI is InChI=1S/C17H21FN2/c1-13(15-6-4-3-5-7-15)8-9-20-14(2)16-10-17(18)12-19-11-16/h3-7,10-14,20H,8-9H2,1-2H3. The average Bonchev–Trinajstić information content (AvgIpc) is 2.48. The Kier molecular flexibility index (Phi) is 5.24. The van der Waals surface area contributed by atoms with E-state index in [9.17, 15) is 4.39 Å². The molecule has 20 heavy (non-hydrogen) atoms. The lowest BCUT2D eigenvalue weighted by atomic mass is 9.98. The molecule has 2 nitrogen and oxygen atoms in total. The van der Waals surface area contributed by atoms with E-state index in [2.05, 4.69) is 41.5 Å². The second-order valence-electron chi connectivity index (χ2n) is 5.21. The minimum Gasteiger partial charge on any atom is -0.310 e. The van der Waals surface area contributed by atoms with Gasteiger partial charge in [0.2, 0.25) is 0 Å². The highest BCUT2D eigenvalue weighted by molar-refractivity contribution is 5.18. The maximum atomic E-state index is 13.1. The quantitative estimate of drug-likeness (QED) is 0.857. The van der Waals surface area contributed by atoms with Gasteiger partial charge in [0.15, 0.2) is 0 Å². The zero-order valence-electron chi connectivity index (χ0n) is 12.0. The van der Waals surface area contributed by atoms with Crippen molar-refractivity contribution in [2.45, 2.75) is 32.2 Å². The van der Waals surface area contributed by atoms with E-state index in [4.69, 9.17) is 0 Å². The van der Waals surface area contributed by atoms with E-state index < -0.39 is 0 Å². The molecule has 2 atom stereocenters. The number of nitrogens with one attached hydrogen (secondary N) is 1. The third-order valence-corrected chi connectivity index (χ3v) is 3.62. The van der Waals surface area contributed by atoms with E-state index >= 15 is 0 Å². The Bertz CT molecular complexity index is 528. The van der Waals surface area contributed by atoms with Gasteiger partial charge < -0.3 is 5.32 Å². The summed E-state index contributed by atoms with van der Waals surface area (Å²) >= 11 is 0. The van der Waals surface area contributed by atoms with Gasteiger partial charge in [0.05, 0.1) is 6.20 Å². The Balaban J connectivity index is 1.81. The van der Waals surface area contributed by atoms with Crippen LogP contribution in [0.2, 0.25) is 0 Å². The highest BCUT2D eigenvalue weighted by Crippen LogP contribution is 2.18. The number of rotatable bonds is 6. The minimum atomic E-state index is -0.284. The molecule has 0 saturated carbocycles. The van der Waals surface area contributed by atoms with Crippen molar-refractivity contribution in [3.63, 3.8) is 0 Å². The van der Waals surface area contributed by atoms with Crippen LogP contribution in [-0.4, -0.2) is 11.5 Å². The van der Waals surface area contributed by atoms with Crippen LogP contribution in [0.3, 0.4) is 0 Å². The van der Waals surface area contributed by atoms with Crippen molar-refractivity contribution >= 4 is 0 Å². The van der Waals surface area contributed by atoms with Crippen molar-refractivity contribution in [3.8, 4) is 0 Å². The van der Waals surface area contributed by atoms with Gasteiger partial charge in [0.25, 0.3) is 0 Å². The summed E-state index contributed by atoms with van der Waals surface area (Å²) in [5.74, 6) is 0.232. The number of halogens is 1. The number of hydrogen-bond donors (Lipinski definition) is 1. The predicted octanol–water partition coefficient (Wildman–Crippen LogP) is 4.07. The highest BCUT2D eigenvalue weighted by atomic mass is 19.1. The molecule has 3 heteroatoms. The summed E-state index contributed by atoms with van der Waals surface area (Å²) in [5, 5.41) is 3.42. The van der Waals surface area contributed by atoms with E-state index in [-0.39, 0.29) is 11.9 Å². The average molecular weight is 272 g/mol. The molecule has 2 aromatic rings. The molecule has 0 radical (unpaired) electrons. The lowest BCUT2D eigenvalue weighted by Crippen LogP contribution is -2.21. The number of benzene rings is 1. The van der Waals surface area contributed by atoms with Gasteiger partial charge in [-0.25, -0.2) is 4.39 Å². The first-order valence-electron chi connectivity index (χ1n) is 7.05. The fourth-order valence-corrected chi connectivity index (χ4v) is 2.25. The van der Waals surface area contributed by atoms with Crippen LogP contribution >= 0.6 is 0 Å². The summed E-state index contributed by atoms with van der Waals surface area (Å²) in [5.41, 5.74) is 2.24. The van der Waals surface area contributed by atoms with Gasteiger partial charge >= 0.3 is 0 Å². The largest absolute Gasteiger partial charge is 0.310 e. The first-order chi connectivity index (χ1) is 9.66. The zero-order chi connectivity index (χ0) is 14.4. The molecule has 0 bridgehead atoms. The van der Waals surface area contributed by atoms with E-state index in [1.165, 1.54) is 17.8 Å². The van der Waals surface area contributed by atoms with Crippen LogP contribution in [0.5, 0.6) is 0 Å². The normalized spacial score (nSPS) is 13.9. The van der Waals surface area contributed by atoms with Crippen molar-refractivity contribution in [1.29, 1.82) is 0 Å². The predicted molar refractivity (Wildman–Crippen MR) is 80.1 cm³/mol. The molecule has 1 N–H and O–H groups in total. The van der Waals surface area contributed by atoms with E-state index in [0.717, 1.165) is 18.5 Å². The van der Waals surface area contributed by atoms with Crippen LogP contribution in [0.1, 0.15) is 43.4 Å². The topological polar surface area (TPSA) is 24.9 Å². The van der Waals surface area contributed by atoms with Gasteiger partial charge in [-0.15, -0.1) is 0 Å². The molecule has 1 heterocycles. The van der Waals surface area contributed by atoms with Crippen LogP contribution in [0, 0.1) is 5.82 Å². The summed E-state index contributed by atoms with van der Waals surface area (Å²) in [7, 11) is 0. The molecule has 1 aromatic carbocycles. The molecule has 0 amide bonds. The molecule has 2 rings (SSSR count). The summed E-state index contributed by atoms with van der Waals surface area (Å²) in [4.78, 5) is 3.88. The molecular weight excluding hydrogens is 251 g/mol. The number of pyridine rings is 1. The molecule has 0 aliphatic heterocycles. The third-order valence-electron chi connectivity index (χ3n) is 3.62. The van der Waals surface area contributed by atoms with Crippen LogP contribution in [0.15, 0.2) is 48.8 Å². The van der Waals surface area contributed by atoms with E-state index in [1.54, 1.807) is 6.20 Å². The molecule has 2 unspecified atom stereocenters. The Morgan fingerprint density at radius 3 is 2.55 bits per heavy atom. The Hall–Kier alpha value is -1.74. The Morgan fingerprint density at radius 2 is 1.85 bits per heavy atom. The molecule has 0 aliphatic rings. The van der Waals surface area contributed by atoms with Crippen molar-refractivity contribution in [3.05, 3.63) is 65.7 Å². The lowest BCUT2D eigenvalue weighted by molar-refractivity contribution is 0.525. The van der Waals surface area contributed by atoms with Crippen LogP contribution in [-0.2, 0) is 0 Å².